The van der Waals surface area contributed by atoms with Crippen molar-refractivity contribution in [1.29, 1.82) is 0 Å². The number of carbonyl (C=O) groups excluding carboxylic acids is 2. The predicted molar refractivity (Wildman–Crippen MR) is 219 cm³/mol. The third-order valence-electron chi connectivity index (χ3n) is 9.11. The molecule has 3 N–H and O–H groups in total. The van der Waals surface area contributed by atoms with Crippen molar-refractivity contribution >= 4 is 19.8 Å². The normalized spacial score (nSPS) is 17.6. The van der Waals surface area contributed by atoms with Crippen molar-refractivity contribution in [3.63, 3.8) is 0 Å². The number of esters is 2. The standard InChI is InChI=1S/C43H76NO9P/c1-3-5-7-9-11-13-15-17-18-19-21-23-25-27-29-33-43(46)52-39(38-51-54(47,48)50-36-35-44)37-49-42(45)34-30-32-41-40(53-41)31-28-26-24-22-20-16-14-12-10-8-6-4-2/h12,14,17-18,20,22,26,28,39-41H,3-11,13,15-16,19,21,23-25,27,29-38,44H2,1-2H3,(H,47,48)/b14-12-,18-17-,22-20-,28-26-/t39-,40?,41?/m1/s1. The molecular formula is C43H76NO9P. The zero-order chi connectivity index (χ0) is 39.4. The maximum Gasteiger partial charge on any atom is 0.472 e. The summed E-state index contributed by atoms with van der Waals surface area (Å²) in [6.07, 6.45) is 41.6. The zero-order valence-corrected chi connectivity index (χ0v) is 34.8. The van der Waals surface area contributed by atoms with Crippen LogP contribution in [-0.4, -0.2) is 61.5 Å². The van der Waals surface area contributed by atoms with E-state index >= 15 is 0 Å². The molecule has 1 aliphatic rings. The molecule has 1 saturated heterocycles. The first-order valence-corrected chi connectivity index (χ1v) is 22.7. The third-order valence-corrected chi connectivity index (χ3v) is 10.1. The first-order valence-electron chi connectivity index (χ1n) is 21.2. The molecule has 1 rings (SSSR count). The van der Waals surface area contributed by atoms with Gasteiger partial charge in [0, 0.05) is 19.4 Å². The van der Waals surface area contributed by atoms with Crippen LogP contribution in [0, 0.1) is 0 Å². The lowest BCUT2D eigenvalue weighted by Crippen LogP contribution is -2.29. The van der Waals surface area contributed by atoms with Crippen molar-refractivity contribution in [2.75, 3.05) is 26.4 Å². The molecule has 0 aromatic carbocycles. The lowest BCUT2D eigenvalue weighted by molar-refractivity contribution is -0.161. The van der Waals surface area contributed by atoms with Crippen LogP contribution in [0.15, 0.2) is 48.6 Å². The van der Waals surface area contributed by atoms with Crippen LogP contribution in [-0.2, 0) is 37.4 Å². The van der Waals surface area contributed by atoms with Crippen LogP contribution < -0.4 is 5.73 Å². The number of carbonyl (C=O) groups is 2. The molecule has 0 radical (unpaired) electrons. The molecule has 0 saturated carbocycles. The minimum Gasteiger partial charge on any atom is -0.462 e. The Morgan fingerprint density at radius 1 is 0.667 bits per heavy atom. The van der Waals surface area contributed by atoms with Gasteiger partial charge in [0.15, 0.2) is 6.10 Å². The number of phosphoric acid groups is 1. The van der Waals surface area contributed by atoms with Crippen LogP contribution in [0.3, 0.4) is 0 Å². The molecule has 0 aliphatic carbocycles. The SMILES string of the molecule is CCCCC/C=C\C/C=C\C/C=C\CC1OC1CCCC(=O)OC[C@H](COP(=O)(O)OCCN)OC(=O)CCCCCCC/C=C\CCCCCCCC. The molecule has 10 nitrogen and oxygen atoms in total. The van der Waals surface area contributed by atoms with Crippen LogP contribution in [0.2, 0.25) is 0 Å². The summed E-state index contributed by atoms with van der Waals surface area (Å²) < 4.78 is 38.5. The molecule has 0 bridgehead atoms. The number of rotatable bonds is 38. The first kappa shape index (κ1) is 49.9. The van der Waals surface area contributed by atoms with Gasteiger partial charge in [0.2, 0.25) is 0 Å². The number of ether oxygens (including phenoxy) is 3. The summed E-state index contributed by atoms with van der Waals surface area (Å²) in [4.78, 5) is 34.9. The van der Waals surface area contributed by atoms with Gasteiger partial charge in [-0.3, -0.25) is 18.6 Å². The number of hydrogen-bond acceptors (Lipinski definition) is 9. The lowest BCUT2D eigenvalue weighted by Gasteiger charge is -2.19. The number of epoxide rings is 1. The summed E-state index contributed by atoms with van der Waals surface area (Å²) in [5, 5.41) is 0. The van der Waals surface area contributed by atoms with Gasteiger partial charge in [-0.25, -0.2) is 4.57 Å². The highest BCUT2D eigenvalue weighted by Gasteiger charge is 2.36. The largest absolute Gasteiger partial charge is 0.472 e. The Bertz CT molecular complexity index is 1090. The van der Waals surface area contributed by atoms with Crippen molar-refractivity contribution < 1.29 is 42.3 Å². The third kappa shape index (κ3) is 32.2. The van der Waals surface area contributed by atoms with Crippen molar-refractivity contribution in [1.82, 2.24) is 0 Å². The minimum absolute atomic E-state index is 0.0401. The van der Waals surface area contributed by atoms with E-state index in [9.17, 15) is 19.0 Å². The maximum atomic E-state index is 12.6. The Labute approximate surface area is 328 Å². The molecule has 1 aliphatic heterocycles. The van der Waals surface area contributed by atoms with Gasteiger partial charge in [-0.15, -0.1) is 0 Å². The van der Waals surface area contributed by atoms with Crippen molar-refractivity contribution in [2.45, 2.75) is 186 Å². The van der Waals surface area contributed by atoms with E-state index in [1.54, 1.807) is 0 Å². The fraction of sp³-hybridized carbons (Fsp3) is 0.767. The molecule has 4 atom stereocenters. The summed E-state index contributed by atoms with van der Waals surface area (Å²) in [5.41, 5.74) is 5.34. The van der Waals surface area contributed by atoms with E-state index in [0.29, 0.717) is 12.8 Å². The molecule has 0 aromatic rings. The molecule has 11 heteroatoms. The van der Waals surface area contributed by atoms with Gasteiger partial charge in [-0.1, -0.05) is 127 Å². The molecule has 0 amide bonds. The summed E-state index contributed by atoms with van der Waals surface area (Å²) in [6, 6.07) is 0. The Morgan fingerprint density at radius 3 is 1.87 bits per heavy atom. The van der Waals surface area contributed by atoms with Gasteiger partial charge >= 0.3 is 19.8 Å². The molecule has 3 unspecified atom stereocenters. The molecule has 0 spiro atoms. The van der Waals surface area contributed by atoms with Gasteiger partial charge in [0.25, 0.3) is 0 Å². The second-order valence-electron chi connectivity index (χ2n) is 14.2. The number of allylic oxidation sites excluding steroid dienone is 7. The first-order chi connectivity index (χ1) is 26.3. The van der Waals surface area contributed by atoms with Gasteiger partial charge in [0.1, 0.15) is 6.61 Å². The van der Waals surface area contributed by atoms with E-state index in [1.165, 1.54) is 70.6 Å². The summed E-state index contributed by atoms with van der Waals surface area (Å²) in [5.74, 6) is -0.917. The highest BCUT2D eigenvalue weighted by Crippen LogP contribution is 2.43. The van der Waals surface area contributed by atoms with Crippen LogP contribution in [0.1, 0.15) is 168 Å². The summed E-state index contributed by atoms with van der Waals surface area (Å²) in [7, 11) is -4.40. The summed E-state index contributed by atoms with van der Waals surface area (Å²) >= 11 is 0. The number of hydrogen-bond donors (Lipinski definition) is 2. The van der Waals surface area contributed by atoms with Crippen molar-refractivity contribution in [3.8, 4) is 0 Å². The van der Waals surface area contributed by atoms with Crippen LogP contribution in [0.25, 0.3) is 0 Å². The quantitative estimate of drug-likeness (QED) is 0.0204. The number of unbranched alkanes of at least 4 members (excludes halogenated alkanes) is 14. The van der Waals surface area contributed by atoms with Crippen molar-refractivity contribution in [2.24, 2.45) is 5.73 Å². The average molecular weight is 782 g/mol. The topological polar surface area (TPSA) is 147 Å². The highest BCUT2D eigenvalue weighted by atomic mass is 31.2. The van der Waals surface area contributed by atoms with Gasteiger partial charge in [-0.2, -0.15) is 0 Å². The molecular weight excluding hydrogens is 705 g/mol. The minimum atomic E-state index is -4.40. The molecule has 0 aromatic heterocycles. The number of phosphoric ester groups is 1. The molecule has 1 heterocycles. The van der Waals surface area contributed by atoms with Gasteiger partial charge < -0.3 is 24.8 Å². The second-order valence-corrected chi connectivity index (χ2v) is 15.7. The maximum absolute atomic E-state index is 12.6. The lowest BCUT2D eigenvalue weighted by atomic mass is 10.1. The fourth-order valence-corrected chi connectivity index (χ4v) is 6.60. The summed E-state index contributed by atoms with van der Waals surface area (Å²) in [6.45, 7) is 3.59. The Hall–Kier alpha value is -2.07. The van der Waals surface area contributed by atoms with Crippen molar-refractivity contribution in [3.05, 3.63) is 48.6 Å². The van der Waals surface area contributed by atoms with E-state index in [2.05, 4.69) is 62.5 Å². The second kappa shape index (κ2) is 35.4. The predicted octanol–water partition coefficient (Wildman–Crippen LogP) is 10.9. The van der Waals surface area contributed by atoms with E-state index < -0.39 is 32.5 Å². The van der Waals surface area contributed by atoms with E-state index in [-0.39, 0.29) is 44.8 Å². The zero-order valence-electron chi connectivity index (χ0n) is 33.9. The Kier molecular flexibility index (Phi) is 32.7. The molecule has 312 valence electrons. The molecule has 54 heavy (non-hydrogen) atoms. The van der Waals surface area contributed by atoms with Gasteiger partial charge in [-0.05, 0) is 77.0 Å². The fourth-order valence-electron chi connectivity index (χ4n) is 5.83. The monoisotopic (exact) mass is 782 g/mol. The van der Waals surface area contributed by atoms with E-state index in [0.717, 1.165) is 57.8 Å². The Morgan fingerprint density at radius 2 is 1.20 bits per heavy atom. The van der Waals surface area contributed by atoms with E-state index in [1.807, 2.05) is 0 Å². The van der Waals surface area contributed by atoms with Gasteiger partial charge in [0.05, 0.1) is 25.4 Å². The van der Waals surface area contributed by atoms with Crippen LogP contribution in [0.5, 0.6) is 0 Å². The van der Waals surface area contributed by atoms with Crippen LogP contribution in [0.4, 0.5) is 0 Å². The highest BCUT2D eigenvalue weighted by molar-refractivity contribution is 7.47. The average Bonchev–Trinajstić information content (AvgIpc) is 3.91. The smallest absolute Gasteiger partial charge is 0.462 e. The van der Waals surface area contributed by atoms with E-state index in [4.69, 9.17) is 29.0 Å². The number of nitrogens with two attached hydrogens (primary N) is 1. The molecule has 1 fully saturated rings. The Balaban J connectivity index is 2.25. The van der Waals surface area contributed by atoms with Crippen LogP contribution >= 0.6 is 7.82 Å².